The first-order chi connectivity index (χ1) is 8.74. The standard InChI is InChI=1S/C15H28N2O.ClH/c1-3-4-5-6-7-12-17(2)15(18)9-8-14-10-11-16-13-14;/h3,14,16H,1,4-13H2,2H3;1H. The van der Waals surface area contributed by atoms with Gasteiger partial charge in [0, 0.05) is 20.0 Å². The van der Waals surface area contributed by atoms with E-state index < -0.39 is 0 Å². The van der Waals surface area contributed by atoms with Crippen LogP contribution in [-0.2, 0) is 4.79 Å². The van der Waals surface area contributed by atoms with Gasteiger partial charge in [-0.1, -0.05) is 12.5 Å². The molecule has 0 aromatic heterocycles. The van der Waals surface area contributed by atoms with E-state index in [9.17, 15) is 4.79 Å². The van der Waals surface area contributed by atoms with Crippen molar-refractivity contribution in [1.82, 2.24) is 10.2 Å². The Labute approximate surface area is 124 Å². The van der Waals surface area contributed by atoms with E-state index in [0.29, 0.717) is 5.91 Å². The van der Waals surface area contributed by atoms with Gasteiger partial charge in [0.1, 0.15) is 0 Å². The summed E-state index contributed by atoms with van der Waals surface area (Å²) in [7, 11) is 1.93. The number of nitrogens with zero attached hydrogens (tertiary/aromatic N) is 1. The normalized spacial score (nSPS) is 17.8. The van der Waals surface area contributed by atoms with Crippen molar-refractivity contribution in [3.05, 3.63) is 12.7 Å². The van der Waals surface area contributed by atoms with E-state index in [1.165, 1.54) is 19.3 Å². The molecule has 1 amide bonds. The zero-order valence-corrected chi connectivity index (χ0v) is 13.0. The van der Waals surface area contributed by atoms with Crippen molar-refractivity contribution in [2.45, 2.75) is 44.9 Å². The summed E-state index contributed by atoms with van der Waals surface area (Å²) in [6.45, 7) is 6.83. The molecule has 1 unspecified atom stereocenters. The van der Waals surface area contributed by atoms with Crippen LogP contribution in [0.5, 0.6) is 0 Å². The fourth-order valence-electron chi connectivity index (χ4n) is 2.42. The molecule has 0 saturated carbocycles. The Bertz CT molecular complexity index is 253. The minimum Gasteiger partial charge on any atom is -0.346 e. The number of nitrogens with one attached hydrogen (secondary N) is 1. The molecule has 0 aromatic carbocycles. The van der Waals surface area contributed by atoms with Crippen LogP contribution >= 0.6 is 12.4 Å². The van der Waals surface area contributed by atoms with Gasteiger partial charge < -0.3 is 10.2 Å². The van der Waals surface area contributed by atoms with Gasteiger partial charge in [-0.25, -0.2) is 0 Å². The number of carbonyl (C=O) groups excluding carboxylic acids is 1. The average Bonchev–Trinajstić information content (AvgIpc) is 2.88. The maximum atomic E-state index is 11.9. The summed E-state index contributed by atoms with van der Waals surface area (Å²) in [5, 5.41) is 3.35. The van der Waals surface area contributed by atoms with E-state index in [1.807, 2.05) is 18.0 Å². The number of halogens is 1. The average molecular weight is 289 g/mol. The third kappa shape index (κ3) is 8.27. The van der Waals surface area contributed by atoms with Gasteiger partial charge >= 0.3 is 0 Å². The Hall–Kier alpha value is -0.540. The minimum atomic E-state index is 0. The van der Waals surface area contributed by atoms with Crippen LogP contribution in [0.4, 0.5) is 0 Å². The smallest absolute Gasteiger partial charge is 0.222 e. The molecule has 1 heterocycles. The molecule has 0 aliphatic carbocycles. The summed E-state index contributed by atoms with van der Waals surface area (Å²) >= 11 is 0. The van der Waals surface area contributed by atoms with Crippen LogP contribution in [0.25, 0.3) is 0 Å². The van der Waals surface area contributed by atoms with Gasteiger partial charge in [-0.15, -0.1) is 19.0 Å². The summed E-state index contributed by atoms with van der Waals surface area (Å²) in [6, 6.07) is 0. The maximum absolute atomic E-state index is 11.9. The van der Waals surface area contributed by atoms with Crippen molar-refractivity contribution in [1.29, 1.82) is 0 Å². The lowest BCUT2D eigenvalue weighted by atomic mass is 10.0. The first-order valence-electron chi connectivity index (χ1n) is 7.29. The van der Waals surface area contributed by atoms with Crippen LogP contribution in [0.1, 0.15) is 44.9 Å². The van der Waals surface area contributed by atoms with Crippen LogP contribution in [0.2, 0.25) is 0 Å². The van der Waals surface area contributed by atoms with Gasteiger partial charge in [0.25, 0.3) is 0 Å². The molecule has 1 aliphatic heterocycles. The molecule has 1 fully saturated rings. The molecule has 3 nitrogen and oxygen atoms in total. The lowest BCUT2D eigenvalue weighted by molar-refractivity contribution is -0.130. The zero-order chi connectivity index (χ0) is 13.2. The van der Waals surface area contributed by atoms with Crippen molar-refractivity contribution < 1.29 is 4.79 Å². The second-order valence-corrected chi connectivity index (χ2v) is 5.35. The highest BCUT2D eigenvalue weighted by molar-refractivity contribution is 5.85. The SMILES string of the molecule is C=CCCCCCN(C)C(=O)CCC1CCNC1.Cl. The van der Waals surface area contributed by atoms with Gasteiger partial charge in [0.15, 0.2) is 0 Å². The summed E-state index contributed by atoms with van der Waals surface area (Å²) in [5.41, 5.74) is 0. The molecule has 1 rings (SSSR count). The Morgan fingerprint density at radius 2 is 2.21 bits per heavy atom. The van der Waals surface area contributed by atoms with E-state index >= 15 is 0 Å². The van der Waals surface area contributed by atoms with E-state index in [0.717, 1.165) is 51.2 Å². The van der Waals surface area contributed by atoms with E-state index in [2.05, 4.69) is 11.9 Å². The highest BCUT2D eigenvalue weighted by Crippen LogP contribution is 2.15. The maximum Gasteiger partial charge on any atom is 0.222 e. The molecule has 112 valence electrons. The molecule has 0 aromatic rings. The Morgan fingerprint density at radius 1 is 1.42 bits per heavy atom. The second-order valence-electron chi connectivity index (χ2n) is 5.35. The van der Waals surface area contributed by atoms with Crippen molar-refractivity contribution in [3.63, 3.8) is 0 Å². The van der Waals surface area contributed by atoms with Crippen molar-refractivity contribution in [2.24, 2.45) is 5.92 Å². The molecule has 1 saturated heterocycles. The second kappa shape index (κ2) is 11.3. The van der Waals surface area contributed by atoms with Crippen molar-refractivity contribution in [3.8, 4) is 0 Å². The zero-order valence-electron chi connectivity index (χ0n) is 12.2. The molecule has 0 bridgehead atoms. The number of hydrogen-bond acceptors (Lipinski definition) is 2. The molecule has 0 spiro atoms. The molecule has 1 aliphatic rings. The third-order valence-corrected chi connectivity index (χ3v) is 3.76. The Kier molecular flexibility index (Phi) is 11.0. The summed E-state index contributed by atoms with van der Waals surface area (Å²) in [6.07, 6.45) is 9.55. The van der Waals surface area contributed by atoms with Gasteiger partial charge in [-0.05, 0) is 51.1 Å². The van der Waals surface area contributed by atoms with E-state index in [1.54, 1.807) is 0 Å². The lowest BCUT2D eigenvalue weighted by Crippen LogP contribution is -2.28. The highest BCUT2D eigenvalue weighted by Gasteiger charge is 2.16. The van der Waals surface area contributed by atoms with Crippen LogP contribution in [-0.4, -0.2) is 37.5 Å². The van der Waals surface area contributed by atoms with E-state index in [4.69, 9.17) is 0 Å². The van der Waals surface area contributed by atoms with Crippen molar-refractivity contribution >= 4 is 18.3 Å². The largest absolute Gasteiger partial charge is 0.346 e. The van der Waals surface area contributed by atoms with Crippen LogP contribution in [0.15, 0.2) is 12.7 Å². The number of rotatable bonds is 9. The molecule has 1 atom stereocenters. The topological polar surface area (TPSA) is 32.3 Å². The van der Waals surface area contributed by atoms with Crippen LogP contribution in [0, 0.1) is 5.92 Å². The van der Waals surface area contributed by atoms with E-state index in [-0.39, 0.29) is 12.4 Å². The molecule has 4 heteroatoms. The monoisotopic (exact) mass is 288 g/mol. The van der Waals surface area contributed by atoms with Crippen LogP contribution < -0.4 is 5.32 Å². The van der Waals surface area contributed by atoms with Gasteiger partial charge in [-0.3, -0.25) is 4.79 Å². The highest BCUT2D eigenvalue weighted by atomic mass is 35.5. The summed E-state index contributed by atoms with van der Waals surface area (Å²) in [5.74, 6) is 1.03. The fourth-order valence-corrected chi connectivity index (χ4v) is 2.42. The minimum absolute atomic E-state index is 0. The fraction of sp³-hybridized carbons (Fsp3) is 0.800. The lowest BCUT2D eigenvalue weighted by Gasteiger charge is -2.18. The van der Waals surface area contributed by atoms with Gasteiger partial charge in [-0.2, -0.15) is 0 Å². The number of allylic oxidation sites excluding steroid dienone is 1. The molecular formula is C15H29ClN2O. The quantitative estimate of drug-likeness (QED) is 0.522. The predicted octanol–water partition coefficient (Wildman–Crippen LogP) is 3.00. The molecule has 1 N–H and O–H groups in total. The number of amides is 1. The summed E-state index contributed by atoms with van der Waals surface area (Å²) < 4.78 is 0. The van der Waals surface area contributed by atoms with Crippen molar-refractivity contribution in [2.75, 3.05) is 26.7 Å². The Balaban J connectivity index is 0.00000324. The van der Waals surface area contributed by atoms with Gasteiger partial charge in [0.05, 0.1) is 0 Å². The summed E-state index contributed by atoms with van der Waals surface area (Å²) in [4.78, 5) is 13.8. The first-order valence-corrected chi connectivity index (χ1v) is 7.29. The Morgan fingerprint density at radius 3 is 2.84 bits per heavy atom. The van der Waals surface area contributed by atoms with Crippen LogP contribution in [0.3, 0.4) is 0 Å². The molecular weight excluding hydrogens is 260 g/mol. The first kappa shape index (κ1) is 18.5. The van der Waals surface area contributed by atoms with Gasteiger partial charge in [0.2, 0.25) is 5.91 Å². The predicted molar refractivity (Wildman–Crippen MR) is 83.8 cm³/mol. The third-order valence-electron chi connectivity index (χ3n) is 3.76. The number of hydrogen-bond donors (Lipinski definition) is 1. The number of unbranched alkanes of at least 4 members (excludes halogenated alkanes) is 3. The number of carbonyl (C=O) groups is 1. The molecule has 19 heavy (non-hydrogen) atoms. The molecule has 0 radical (unpaired) electrons.